The second kappa shape index (κ2) is 11.2. The van der Waals surface area contributed by atoms with Gasteiger partial charge in [-0.15, -0.1) is 36.2 Å². The minimum absolute atomic E-state index is 0. The minimum atomic E-state index is -0.153. The summed E-state index contributed by atoms with van der Waals surface area (Å²) < 4.78 is 0. The fraction of sp³-hybridized carbons (Fsp3) is 0.357. The summed E-state index contributed by atoms with van der Waals surface area (Å²) in [4.78, 5) is 20.2. The first-order valence-corrected chi connectivity index (χ1v) is 7.66. The van der Waals surface area contributed by atoms with Gasteiger partial charge in [0, 0.05) is 31.2 Å². The van der Waals surface area contributed by atoms with Crippen molar-refractivity contribution in [2.75, 3.05) is 18.4 Å². The normalized spacial score (nSPS) is 9.48. The molecule has 128 valence electrons. The highest BCUT2D eigenvalue weighted by Gasteiger charge is 2.08. The van der Waals surface area contributed by atoms with Gasteiger partial charge < -0.3 is 16.4 Å². The van der Waals surface area contributed by atoms with Crippen molar-refractivity contribution in [3.8, 4) is 0 Å². The lowest BCUT2D eigenvalue weighted by Crippen LogP contribution is -2.26. The number of thiazole rings is 1. The van der Waals surface area contributed by atoms with Crippen molar-refractivity contribution in [2.45, 2.75) is 19.9 Å². The number of rotatable bonds is 7. The van der Waals surface area contributed by atoms with E-state index < -0.39 is 0 Å². The van der Waals surface area contributed by atoms with Crippen molar-refractivity contribution in [1.82, 2.24) is 15.3 Å². The number of hydrogen-bond donors (Lipinski definition) is 3. The molecule has 1 amide bonds. The van der Waals surface area contributed by atoms with Crippen LogP contribution < -0.4 is 16.4 Å². The average molecular weight is 378 g/mol. The summed E-state index contributed by atoms with van der Waals surface area (Å²) in [5, 5.41) is 8.54. The fourth-order valence-electron chi connectivity index (χ4n) is 1.68. The number of nitrogens with one attached hydrogen (secondary N) is 2. The summed E-state index contributed by atoms with van der Waals surface area (Å²) in [5.41, 5.74) is 7.04. The Morgan fingerprint density at radius 2 is 2.09 bits per heavy atom. The first-order valence-electron chi connectivity index (χ1n) is 6.78. The number of amides is 1. The average Bonchev–Trinajstić information content (AvgIpc) is 2.98. The van der Waals surface area contributed by atoms with E-state index in [9.17, 15) is 4.79 Å². The van der Waals surface area contributed by atoms with Crippen molar-refractivity contribution >= 4 is 47.9 Å². The molecule has 0 aromatic carbocycles. The number of anilines is 1. The van der Waals surface area contributed by atoms with E-state index in [0.717, 1.165) is 29.4 Å². The van der Waals surface area contributed by atoms with Crippen molar-refractivity contribution < 1.29 is 4.79 Å². The maximum absolute atomic E-state index is 11.8. The minimum Gasteiger partial charge on any atom is -0.370 e. The molecule has 0 aliphatic rings. The Bertz CT molecular complexity index is 591. The molecule has 0 atom stereocenters. The number of nitrogens with two attached hydrogens (primary N) is 1. The van der Waals surface area contributed by atoms with Gasteiger partial charge >= 0.3 is 0 Å². The second-order valence-electron chi connectivity index (χ2n) is 4.59. The van der Waals surface area contributed by atoms with Gasteiger partial charge in [0.05, 0.1) is 0 Å². The molecular weight excluding hydrogens is 357 g/mol. The Morgan fingerprint density at radius 1 is 1.30 bits per heavy atom. The third-order valence-corrected chi connectivity index (χ3v) is 3.69. The standard InChI is InChI=1S/C14H19N5OS.2ClH/c1-10-3-4-12(18-8-10)16-5-2-6-17-14(20)11-9-21-13(7-15)19-11;;/h3-4,8-9H,2,5-7,15H2,1H3,(H,16,18)(H,17,20);2*1H. The molecule has 0 spiro atoms. The lowest BCUT2D eigenvalue weighted by atomic mass is 10.3. The number of aryl methyl sites for hydroxylation is 1. The molecule has 2 heterocycles. The highest BCUT2D eigenvalue weighted by Crippen LogP contribution is 2.08. The van der Waals surface area contributed by atoms with E-state index in [1.807, 2.05) is 25.3 Å². The van der Waals surface area contributed by atoms with E-state index >= 15 is 0 Å². The SMILES string of the molecule is Cc1ccc(NCCCNC(=O)c2csc(CN)n2)nc1.Cl.Cl. The number of pyridine rings is 1. The van der Waals surface area contributed by atoms with Crippen LogP contribution in [-0.4, -0.2) is 29.0 Å². The van der Waals surface area contributed by atoms with E-state index in [0.29, 0.717) is 18.8 Å². The topological polar surface area (TPSA) is 92.9 Å². The van der Waals surface area contributed by atoms with Crippen LogP contribution in [0.2, 0.25) is 0 Å². The first kappa shape index (κ1) is 21.6. The molecular formula is C14H21Cl2N5OS. The number of hydrogen-bond acceptors (Lipinski definition) is 6. The van der Waals surface area contributed by atoms with E-state index in [-0.39, 0.29) is 30.7 Å². The zero-order valence-electron chi connectivity index (χ0n) is 12.7. The van der Waals surface area contributed by atoms with Crippen LogP contribution in [0.1, 0.15) is 27.5 Å². The van der Waals surface area contributed by atoms with Gasteiger partial charge in [0.2, 0.25) is 0 Å². The molecule has 2 aromatic rings. The maximum Gasteiger partial charge on any atom is 0.270 e. The zero-order valence-corrected chi connectivity index (χ0v) is 15.2. The number of halogens is 2. The highest BCUT2D eigenvalue weighted by molar-refractivity contribution is 7.09. The molecule has 0 bridgehead atoms. The molecule has 2 aromatic heterocycles. The van der Waals surface area contributed by atoms with Crippen LogP contribution in [-0.2, 0) is 6.54 Å². The summed E-state index contributed by atoms with van der Waals surface area (Å²) >= 11 is 1.40. The van der Waals surface area contributed by atoms with Gasteiger partial charge in [-0.2, -0.15) is 0 Å². The van der Waals surface area contributed by atoms with Gasteiger partial charge in [0.1, 0.15) is 16.5 Å². The molecule has 0 aliphatic heterocycles. The Labute approximate surface area is 152 Å². The van der Waals surface area contributed by atoms with E-state index in [1.54, 1.807) is 5.38 Å². The largest absolute Gasteiger partial charge is 0.370 e. The molecule has 2 rings (SSSR count). The van der Waals surface area contributed by atoms with Crippen molar-refractivity contribution in [3.05, 3.63) is 40.0 Å². The number of aromatic nitrogens is 2. The van der Waals surface area contributed by atoms with Crippen LogP contribution in [0, 0.1) is 6.92 Å². The van der Waals surface area contributed by atoms with Crippen LogP contribution in [0.25, 0.3) is 0 Å². The van der Waals surface area contributed by atoms with Gasteiger partial charge in [-0.1, -0.05) is 6.07 Å². The summed E-state index contributed by atoms with van der Waals surface area (Å²) in [5.74, 6) is 0.693. The Balaban J connectivity index is 0.00000242. The van der Waals surface area contributed by atoms with Crippen LogP contribution in [0.15, 0.2) is 23.7 Å². The molecule has 0 unspecified atom stereocenters. The van der Waals surface area contributed by atoms with Crippen LogP contribution in [0.3, 0.4) is 0 Å². The Hall–Kier alpha value is -1.41. The predicted octanol–water partition coefficient (Wildman–Crippen LogP) is 2.38. The van der Waals surface area contributed by atoms with E-state index in [1.165, 1.54) is 11.3 Å². The van der Waals surface area contributed by atoms with Gasteiger partial charge in [-0.3, -0.25) is 4.79 Å². The second-order valence-corrected chi connectivity index (χ2v) is 5.53. The quantitative estimate of drug-likeness (QED) is 0.644. The summed E-state index contributed by atoms with van der Waals surface area (Å²) in [6.07, 6.45) is 2.64. The fourth-order valence-corrected chi connectivity index (χ4v) is 2.33. The number of nitrogens with zero attached hydrogens (tertiary/aromatic N) is 2. The lowest BCUT2D eigenvalue weighted by molar-refractivity contribution is 0.0949. The summed E-state index contributed by atoms with van der Waals surface area (Å²) in [7, 11) is 0. The molecule has 0 saturated heterocycles. The smallest absolute Gasteiger partial charge is 0.270 e. The van der Waals surface area contributed by atoms with Gasteiger partial charge in [-0.05, 0) is 25.0 Å². The molecule has 0 aliphatic carbocycles. The van der Waals surface area contributed by atoms with Crippen LogP contribution in [0.4, 0.5) is 5.82 Å². The van der Waals surface area contributed by atoms with E-state index in [2.05, 4.69) is 20.6 Å². The van der Waals surface area contributed by atoms with Crippen molar-refractivity contribution in [3.63, 3.8) is 0 Å². The van der Waals surface area contributed by atoms with Gasteiger partial charge in [0.15, 0.2) is 0 Å². The van der Waals surface area contributed by atoms with Gasteiger partial charge in [-0.25, -0.2) is 9.97 Å². The highest BCUT2D eigenvalue weighted by atomic mass is 35.5. The molecule has 6 nitrogen and oxygen atoms in total. The third kappa shape index (κ3) is 7.13. The molecule has 23 heavy (non-hydrogen) atoms. The maximum atomic E-state index is 11.8. The molecule has 0 saturated carbocycles. The zero-order chi connectivity index (χ0) is 15.1. The Morgan fingerprint density at radius 3 is 2.70 bits per heavy atom. The number of carbonyl (C=O) groups excluding carboxylic acids is 1. The predicted molar refractivity (Wildman–Crippen MR) is 98.9 cm³/mol. The molecule has 0 fully saturated rings. The van der Waals surface area contributed by atoms with Crippen LogP contribution >= 0.6 is 36.2 Å². The van der Waals surface area contributed by atoms with Crippen molar-refractivity contribution in [1.29, 1.82) is 0 Å². The monoisotopic (exact) mass is 377 g/mol. The van der Waals surface area contributed by atoms with E-state index in [4.69, 9.17) is 5.73 Å². The summed E-state index contributed by atoms with van der Waals surface area (Å²) in [6, 6.07) is 3.95. The molecule has 9 heteroatoms. The third-order valence-electron chi connectivity index (χ3n) is 2.82. The molecule has 0 radical (unpaired) electrons. The molecule has 4 N–H and O–H groups in total. The number of carbonyl (C=O) groups is 1. The van der Waals surface area contributed by atoms with Crippen LogP contribution in [0.5, 0.6) is 0 Å². The van der Waals surface area contributed by atoms with Crippen molar-refractivity contribution in [2.24, 2.45) is 5.73 Å². The Kier molecular flexibility index (Phi) is 10.5. The summed E-state index contributed by atoms with van der Waals surface area (Å²) in [6.45, 7) is 3.71. The lowest BCUT2D eigenvalue weighted by Gasteiger charge is -2.06. The first-order chi connectivity index (χ1) is 10.2. The van der Waals surface area contributed by atoms with Gasteiger partial charge in [0.25, 0.3) is 5.91 Å².